The Labute approximate surface area is 119 Å². The van der Waals surface area contributed by atoms with Crippen molar-refractivity contribution in [1.82, 2.24) is 9.88 Å². The number of alkyl halides is 4. The van der Waals surface area contributed by atoms with E-state index < -0.39 is 17.4 Å². The van der Waals surface area contributed by atoms with Crippen LogP contribution in [0.3, 0.4) is 0 Å². The summed E-state index contributed by atoms with van der Waals surface area (Å²) >= 11 is 5.81. The van der Waals surface area contributed by atoms with Crippen LogP contribution < -0.4 is 4.90 Å². The van der Waals surface area contributed by atoms with Gasteiger partial charge in [-0.25, -0.2) is 4.98 Å². The maximum absolute atomic E-state index is 12.4. The van der Waals surface area contributed by atoms with Crippen molar-refractivity contribution in [3.8, 4) is 0 Å². The van der Waals surface area contributed by atoms with E-state index in [1.807, 2.05) is 9.80 Å². The zero-order valence-electron chi connectivity index (χ0n) is 10.5. The molecule has 0 radical (unpaired) electrons. The highest BCUT2D eigenvalue weighted by molar-refractivity contribution is 6.27. The van der Waals surface area contributed by atoms with Crippen LogP contribution in [-0.4, -0.2) is 47.9 Å². The van der Waals surface area contributed by atoms with Crippen LogP contribution in [0.5, 0.6) is 0 Å². The van der Waals surface area contributed by atoms with Gasteiger partial charge >= 0.3 is 6.18 Å². The standard InChI is InChI=1S/C12H13ClF3N3O/c13-11(8-20)19-5-3-18(4-6-19)9-1-2-10(17-7-9)12(14,15)16/h1-2,7-8,11H,3-6H2. The number of rotatable bonds is 3. The van der Waals surface area contributed by atoms with Gasteiger partial charge in [-0.15, -0.1) is 0 Å². The van der Waals surface area contributed by atoms with E-state index in [0.717, 1.165) is 6.07 Å². The second-order valence-electron chi connectivity index (χ2n) is 4.43. The topological polar surface area (TPSA) is 36.4 Å². The average molecular weight is 308 g/mol. The van der Waals surface area contributed by atoms with Gasteiger partial charge in [-0.3, -0.25) is 4.90 Å². The molecule has 2 heterocycles. The number of aldehydes is 1. The monoisotopic (exact) mass is 307 g/mol. The van der Waals surface area contributed by atoms with Crippen molar-refractivity contribution in [3.63, 3.8) is 0 Å². The summed E-state index contributed by atoms with van der Waals surface area (Å²) in [6, 6.07) is 2.38. The minimum absolute atomic E-state index is 0.577. The molecule has 0 amide bonds. The van der Waals surface area contributed by atoms with Gasteiger partial charge in [0.05, 0.1) is 11.9 Å². The van der Waals surface area contributed by atoms with Gasteiger partial charge < -0.3 is 9.69 Å². The van der Waals surface area contributed by atoms with Gasteiger partial charge in [-0.2, -0.15) is 13.2 Å². The van der Waals surface area contributed by atoms with Crippen LogP contribution >= 0.6 is 11.6 Å². The summed E-state index contributed by atoms with van der Waals surface area (Å²) in [6.07, 6.45) is -2.54. The summed E-state index contributed by atoms with van der Waals surface area (Å²) in [7, 11) is 0. The number of halogens is 4. The van der Waals surface area contributed by atoms with Crippen molar-refractivity contribution >= 4 is 23.6 Å². The molecule has 0 N–H and O–H groups in total. The van der Waals surface area contributed by atoms with E-state index in [0.29, 0.717) is 38.2 Å². The first kappa shape index (κ1) is 15.1. The zero-order chi connectivity index (χ0) is 14.8. The number of hydrogen-bond donors (Lipinski definition) is 0. The van der Waals surface area contributed by atoms with Gasteiger partial charge in [-0.05, 0) is 12.1 Å². The summed E-state index contributed by atoms with van der Waals surface area (Å²) in [6.45, 7) is 2.33. The lowest BCUT2D eigenvalue weighted by atomic mass is 10.2. The fourth-order valence-corrected chi connectivity index (χ4v) is 2.25. The van der Waals surface area contributed by atoms with Crippen LogP contribution in [0.4, 0.5) is 18.9 Å². The molecule has 0 spiro atoms. The number of carbonyl (C=O) groups is 1. The lowest BCUT2D eigenvalue weighted by Gasteiger charge is -2.36. The second kappa shape index (κ2) is 5.97. The SMILES string of the molecule is O=CC(Cl)N1CCN(c2ccc(C(F)(F)F)nc2)CC1. The van der Waals surface area contributed by atoms with Crippen molar-refractivity contribution in [1.29, 1.82) is 0 Å². The van der Waals surface area contributed by atoms with E-state index >= 15 is 0 Å². The third-order valence-corrected chi connectivity index (χ3v) is 3.56. The molecule has 1 aromatic heterocycles. The highest BCUT2D eigenvalue weighted by Crippen LogP contribution is 2.28. The molecule has 0 saturated carbocycles. The number of anilines is 1. The Morgan fingerprint density at radius 3 is 2.35 bits per heavy atom. The molecule has 1 fully saturated rings. The predicted octanol–water partition coefficient (Wildman–Crippen LogP) is 1.99. The molecule has 0 bridgehead atoms. The van der Waals surface area contributed by atoms with E-state index in [4.69, 9.17) is 11.6 Å². The highest BCUT2D eigenvalue weighted by atomic mass is 35.5. The summed E-state index contributed by atoms with van der Waals surface area (Å²) in [4.78, 5) is 17.7. The third kappa shape index (κ3) is 3.40. The van der Waals surface area contributed by atoms with Crippen molar-refractivity contribution in [2.75, 3.05) is 31.1 Å². The zero-order valence-corrected chi connectivity index (χ0v) is 11.2. The molecule has 1 aliphatic rings. The highest BCUT2D eigenvalue weighted by Gasteiger charge is 2.32. The molecule has 110 valence electrons. The number of aromatic nitrogens is 1. The third-order valence-electron chi connectivity index (χ3n) is 3.18. The molecule has 1 unspecified atom stereocenters. The second-order valence-corrected chi connectivity index (χ2v) is 4.88. The molecule has 1 saturated heterocycles. The summed E-state index contributed by atoms with van der Waals surface area (Å²) in [5.74, 6) is 0. The molecule has 20 heavy (non-hydrogen) atoms. The maximum atomic E-state index is 12.4. The largest absolute Gasteiger partial charge is 0.433 e. The van der Waals surface area contributed by atoms with E-state index in [1.165, 1.54) is 12.3 Å². The van der Waals surface area contributed by atoms with Crippen molar-refractivity contribution in [3.05, 3.63) is 24.0 Å². The van der Waals surface area contributed by atoms with E-state index in [2.05, 4.69) is 4.98 Å². The molecule has 1 atom stereocenters. The number of nitrogens with zero attached hydrogens (tertiary/aromatic N) is 3. The normalized spacial score (nSPS) is 18.9. The Bertz CT molecular complexity index is 458. The fraction of sp³-hybridized carbons (Fsp3) is 0.500. The van der Waals surface area contributed by atoms with Crippen molar-refractivity contribution in [2.24, 2.45) is 0 Å². The van der Waals surface area contributed by atoms with Gasteiger partial charge in [0.2, 0.25) is 0 Å². The Hall–Kier alpha value is -1.34. The van der Waals surface area contributed by atoms with Crippen LogP contribution in [-0.2, 0) is 11.0 Å². The molecule has 0 aromatic carbocycles. The van der Waals surface area contributed by atoms with Gasteiger partial charge in [0.25, 0.3) is 0 Å². The molecule has 4 nitrogen and oxygen atoms in total. The molecular weight excluding hydrogens is 295 g/mol. The van der Waals surface area contributed by atoms with Crippen LogP contribution in [0.15, 0.2) is 18.3 Å². The summed E-state index contributed by atoms with van der Waals surface area (Å²) < 4.78 is 37.2. The number of piperazine rings is 1. The molecular formula is C12H13ClF3N3O. The minimum atomic E-state index is -4.42. The summed E-state index contributed by atoms with van der Waals surface area (Å²) in [5, 5.41) is 0. The Morgan fingerprint density at radius 2 is 1.90 bits per heavy atom. The predicted molar refractivity (Wildman–Crippen MR) is 68.7 cm³/mol. The fourth-order valence-electron chi connectivity index (χ4n) is 2.05. The first-order chi connectivity index (χ1) is 9.41. The minimum Gasteiger partial charge on any atom is -0.368 e. The molecule has 2 rings (SSSR count). The number of carbonyl (C=O) groups excluding carboxylic acids is 1. The molecule has 0 aliphatic carbocycles. The lowest BCUT2D eigenvalue weighted by Crippen LogP contribution is -2.49. The van der Waals surface area contributed by atoms with Crippen LogP contribution in [0.1, 0.15) is 5.69 Å². The van der Waals surface area contributed by atoms with E-state index in [-0.39, 0.29) is 0 Å². The van der Waals surface area contributed by atoms with Crippen LogP contribution in [0.25, 0.3) is 0 Å². The van der Waals surface area contributed by atoms with Gasteiger partial charge in [0.1, 0.15) is 11.2 Å². The molecule has 1 aliphatic heterocycles. The Kier molecular flexibility index (Phi) is 4.49. The molecule has 1 aromatic rings. The number of hydrogen-bond acceptors (Lipinski definition) is 4. The summed E-state index contributed by atoms with van der Waals surface area (Å²) in [5.41, 5.74) is -0.917. The van der Waals surface area contributed by atoms with Gasteiger partial charge in [0.15, 0.2) is 6.29 Å². The van der Waals surface area contributed by atoms with Crippen LogP contribution in [0, 0.1) is 0 Å². The van der Waals surface area contributed by atoms with Crippen molar-refractivity contribution < 1.29 is 18.0 Å². The van der Waals surface area contributed by atoms with Gasteiger partial charge in [-0.1, -0.05) is 11.6 Å². The van der Waals surface area contributed by atoms with Gasteiger partial charge in [0, 0.05) is 26.2 Å². The quantitative estimate of drug-likeness (QED) is 0.486. The van der Waals surface area contributed by atoms with E-state index in [1.54, 1.807) is 0 Å². The molecule has 8 heteroatoms. The van der Waals surface area contributed by atoms with Crippen LogP contribution in [0.2, 0.25) is 0 Å². The number of pyridine rings is 1. The average Bonchev–Trinajstić information content (AvgIpc) is 2.46. The lowest BCUT2D eigenvalue weighted by molar-refractivity contribution is -0.141. The Morgan fingerprint density at radius 1 is 1.25 bits per heavy atom. The Balaban J connectivity index is 1.99. The maximum Gasteiger partial charge on any atom is 0.433 e. The first-order valence-corrected chi connectivity index (χ1v) is 6.47. The van der Waals surface area contributed by atoms with Crippen molar-refractivity contribution in [2.45, 2.75) is 11.7 Å². The van der Waals surface area contributed by atoms with E-state index in [9.17, 15) is 18.0 Å². The smallest absolute Gasteiger partial charge is 0.368 e. The first-order valence-electron chi connectivity index (χ1n) is 6.03.